The van der Waals surface area contributed by atoms with Gasteiger partial charge in [-0.2, -0.15) is 10.1 Å². The molecule has 8 heteroatoms. The summed E-state index contributed by atoms with van der Waals surface area (Å²) in [4.78, 5) is 25.8. The predicted octanol–water partition coefficient (Wildman–Crippen LogP) is 0.475. The number of amides is 2. The summed E-state index contributed by atoms with van der Waals surface area (Å²) in [7, 11) is 0. The van der Waals surface area contributed by atoms with E-state index in [1.54, 1.807) is 17.5 Å². The monoisotopic (exact) mass is 299 g/mol. The van der Waals surface area contributed by atoms with E-state index in [1.165, 1.54) is 10.0 Å². The molecule has 2 atom stereocenters. The van der Waals surface area contributed by atoms with Gasteiger partial charge < -0.3 is 4.90 Å². The van der Waals surface area contributed by atoms with Crippen molar-refractivity contribution in [3.63, 3.8) is 0 Å². The maximum atomic E-state index is 12.7. The fourth-order valence-electron chi connectivity index (χ4n) is 3.05. The van der Waals surface area contributed by atoms with E-state index >= 15 is 0 Å². The molecule has 8 nitrogen and oxygen atoms in total. The minimum Gasteiger partial charge on any atom is -0.338 e. The van der Waals surface area contributed by atoms with Crippen molar-refractivity contribution in [2.75, 3.05) is 6.54 Å². The highest BCUT2D eigenvalue weighted by molar-refractivity contribution is 5.79. The number of carbonyl (C=O) groups is 1. The number of fused-ring (bicyclic) bond motifs is 2. The average molecular weight is 299 g/mol. The van der Waals surface area contributed by atoms with Crippen molar-refractivity contribution in [1.29, 1.82) is 0 Å². The number of piperidine rings is 1. The molecule has 1 N–H and O–H groups in total. The Hall–Kier alpha value is -2.61. The molecule has 0 aliphatic carbocycles. The Morgan fingerprint density at radius 1 is 1.41 bits per heavy atom. The van der Waals surface area contributed by atoms with Crippen LogP contribution in [0.5, 0.6) is 0 Å². The second-order valence-electron chi connectivity index (χ2n) is 5.47. The summed E-state index contributed by atoms with van der Waals surface area (Å²) < 4.78 is 0. The molecule has 0 saturated carbocycles. The summed E-state index contributed by atoms with van der Waals surface area (Å²) in [6.45, 7) is 0.794. The van der Waals surface area contributed by atoms with Crippen LogP contribution in [0, 0.1) is 5.92 Å². The van der Waals surface area contributed by atoms with Crippen molar-refractivity contribution >= 4 is 18.7 Å². The van der Waals surface area contributed by atoms with Gasteiger partial charge in [0.25, 0.3) is 0 Å². The van der Waals surface area contributed by atoms with E-state index in [2.05, 4.69) is 10.6 Å². The average Bonchev–Trinajstić information content (AvgIpc) is 3.17. The molecule has 1 fully saturated rings. The normalized spacial score (nSPS) is 28.8. The number of allylic oxidation sites excluding steroid dienone is 3. The first-order valence-corrected chi connectivity index (χ1v) is 7.20. The summed E-state index contributed by atoms with van der Waals surface area (Å²) >= 11 is 0. The summed E-state index contributed by atoms with van der Waals surface area (Å²) in [5, 5.41) is 8.64. The van der Waals surface area contributed by atoms with Crippen molar-refractivity contribution in [3.8, 4) is 0 Å². The number of nitrogens with one attached hydrogen (secondary N) is 1. The standard InChI is InChI=1S/C14H15N6O2/c21-9-11-4-3-6-17-10-15-20(13(11)17)14(22)19-8-12-5-1-2-7-18(12)16-19/h1-2,5,7-8,10-11,13,16H,3-4,6H2. The number of hydrogen-bond donors (Lipinski definition) is 1. The van der Waals surface area contributed by atoms with E-state index in [9.17, 15) is 9.59 Å². The van der Waals surface area contributed by atoms with E-state index in [1.807, 2.05) is 35.6 Å². The topological polar surface area (TPSA) is 71.5 Å². The summed E-state index contributed by atoms with van der Waals surface area (Å²) in [5.74, 6) is -0.335. The fourth-order valence-corrected chi connectivity index (χ4v) is 3.05. The largest absolute Gasteiger partial charge is 0.362 e. The molecule has 0 bridgehead atoms. The van der Waals surface area contributed by atoms with E-state index in [0.29, 0.717) is 0 Å². The van der Waals surface area contributed by atoms with Crippen molar-refractivity contribution < 1.29 is 9.59 Å². The number of nitrogens with zero attached hydrogens (tertiary/aromatic N) is 5. The highest BCUT2D eigenvalue weighted by Crippen LogP contribution is 2.29. The Kier molecular flexibility index (Phi) is 2.97. The van der Waals surface area contributed by atoms with Crippen LogP contribution in [0.4, 0.5) is 4.79 Å². The van der Waals surface area contributed by atoms with Gasteiger partial charge in [-0.05, 0) is 25.0 Å². The third kappa shape index (κ3) is 1.92. The Morgan fingerprint density at radius 3 is 3.14 bits per heavy atom. The second kappa shape index (κ2) is 4.99. The second-order valence-corrected chi connectivity index (χ2v) is 5.47. The molecule has 4 heterocycles. The number of hydrazone groups is 1. The number of rotatable bonds is 1. The molecule has 0 aromatic carbocycles. The molecule has 4 aliphatic rings. The number of urea groups is 1. The van der Waals surface area contributed by atoms with Gasteiger partial charge in [0.05, 0.1) is 17.8 Å². The van der Waals surface area contributed by atoms with Crippen LogP contribution in [0.1, 0.15) is 12.8 Å². The van der Waals surface area contributed by atoms with E-state index in [0.717, 1.165) is 25.1 Å². The molecule has 4 aliphatic heterocycles. The van der Waals surface area contributed by atoms with Crippen LogP contribution in [0.25, 0.3) is 0 Å². The van der Waals surface area contributed by atoms with Gasteiger partial charge in [-0.1, -0.05) is 6.08 Å². The molecule has 0 aromatic rings. The zero-order chi connectivity index (χ0) is 15.1. The Morgan fingerprint density at radius 2 is 2.32 bits per heavy atom. The van der Waals surface area contributed by atoms with Gasteiger partial charge in [0.2, 0.25) is 6.29 Å². The molecular formula is C14H15N6O2. The maximum Gasteiger partial charge on any atom is 0.362 e. The van der Waals surface area contributed by atoms with Crippen molar-refractivity contribution in [2.24, 2.45) is 11.0 Å². The van der Waals surface area contributed by atoms with Crippen LogP contribution in [-0.4, -0.2) is 51.3 Å². The van der Waals surface area contributed by atoms with E-state index in [4.69, 9.17) is 0 Å². The molecular weight excluding hydrogens is 284 g/mol. The van der Waals surface area contributed by atoms with Gasteiger partial charge >= 0.3 is 6.03 Å². The molecule has 4 rings (SSSR count). The molecule has 2 unspecified atom stereocenters. The summed E-state index contributed by atoms with van der Waals surface area (Å²) in [6.07, 6.45) is 14.1. The molecule has 0 aromatic heterocycles. The molecule has 113 valence electrons. The van der Waals surface area contributed by atoms with Gasteiger partial charge in [-0.3, -0.25) is 9.80 Å². The Labute approximate surface area is 127 Å². The first-order valence-electron chi connectivity index (χ1n) is 7.20. The van der Waals surface area contributed by atoms with Crippen LogP contribution >= 0.6 is 0 Å². The fraction of sp³-hybridized carbons (Fsp3) is 0.357. The smallest absolute Gasteiger partial charge is 0.338 e. The van der Waals surface area contributed by atoms with E-state index < -0.39 is 0 Å². The van der Waals surface area contributed by atoms with Gasteiger partial charge in [0, 0.05) is 12.7 Å². The van der Waals surface area contributed by atoms with Crippen LogP contribution in [0.15, 0.2) is 41.4 Å². The third-order valence-electron chi connectivity index (χ3n) is 4.13. The minimum absolute atomic E-state index is 0.324. The van der Waals surface area contributed by atoms with Crippen LogP contribution in [-0.2, 0) is 4.79 Å². The summed E-state index contributed by atoms with van der Waals surface area (Å²) in [5.41, 5.74) is 3.81. The lowest BCUT2D eigenvalue weighted by atomic mass is 9.96. The minimum atomic E-state index is -0.373. The van der Waals surface area contributed by atoms with Gasteiger partial charge in [-0.15, -0.1) is 5.53 Å². The van der Waals surface area contributed by atoms with Crippen molar-refractivity contribution in [3.05, 3.63) is 36.3 Å². The molecule has 2 amide bonds. The van der Waals surface area contributed by atoms with Gasteiger partial charge in [0.15, 0.2) is 0 Å². The predicted molar refractivity (Wildman–Crippen MR) is 77.8 cm³/mol. The highest BCUT2D eigenvalue weighted by atomic mass is 16.2. The highest BCUT2D eigenvalue weighted by Gasteiger charge is 2.43. The quantitative estimate of drug-likeness (QED) is 0.762. The van der Waals surface area contributed by atoms with Crippen LogP contribution < -0.4 is 5.53 Å². The number of hydrazine groups is 2. The third-order valence-corrected chi connectivity index (χ3v) is 4.13. The molecule has 0 spiro atoms. The lowest BCUT2D eigenvalue weighted by Gasteiger charge is -2.37. The van der Waals surface area contributed by atoms with E-state index in [-0.39, 0.29) is 18.1 Å². The maximum absolute atomic E-state index is 12.7. The van der Waals surface area contributed by atoms with Crippen LogP contribution in [0.2, 0.25) is 0 Å². The SMILES string of the molecule is O=[C]C1CCCN2C=NN(C(=O)N3C=C4C=CC=CN4N3)C12. The van der Waals surface area contributed by atoms with Gasteiger partial charge in [-0.25, -0.2) is 9.80 Å². The van der Waals surface area contributed by atoms with Crippen molar-refractivity contribution in [2.45, 2.75) is 19.0 Å². The summed E-state index contributed by atoms with van der Waals surface area (Å²) in [6, 6.07) is -0.324. The zero-order valence-electron chi connectivity index (χ0n) is 11.8. The molecule has 22 heavy (non-hydrogen) atoms. The Balaban J connectivity index is 1.55. The first-order chi connectivity index (χ1) is 10.8. The molecule has 1 saturated heterocycles. The molecule has 1 radical (unpaired) electrons. The lowest BCUT2D eigenvalue weighted by Crippen LogP contribution is -2.55. The Bertz CT molecular complexity index is 625. The van der Waals surface area contributed by atoms with Gasteiger partial charge in [0.1, 0.15) is 12.5 Å². The number of carbonyl (C=O) groups excluding carboxylic acids is 2. The lowest BCUT2D eigenvalue weighted by molar-refractivity contribution is 0.0641. The number of hydrogen-bond acceptors (Lipinski definition) is 6. The van der Waals surface area contributed by atoms with Crippen LogP contribution in [0.3, 0.4) is 0 Å². The first kappa shape index (κ1) is 13.1. The van der Waals surface area contributed by atoms with Crippen molar-refractivity contribution in [1.82, 2.24) is 25.5 Å². The zero-order valence-corrected chi connectivity index (χ0v) is 11.8.